The summed E-state index contributed by atoms with van der Waals surface area (Å²) in [5, 5.41) is 12.3. The Labute approximate surface area is 161 Å². The van der Waals surface area contributed by atoms with Crippen LogP contribution in [-0.2, 0) is 24.5 Å². The molecule has 2 aromatic rings. The SMILES string of the molecule is CCOC(=O)c1c(NC(=O)COCC(=O)O)sc2cc(C(C)(C)C)ccc12. The number of nitrogens with one attached hydrogen (secondary N) is 1. The number of hydrogen-bond donors (Lipinski definition) is 2. The quantitative estimate of drug-likeness (QED) is 0.699. The van der Waals surface area contributed by atoms with Gasteiger partial charge in [0.1, 0.15) is 23.8 Å². The molecule has 2 rings (SSSR count). The molecule has 0 bridgehead atoms. The van der Waals surface area contributed by atoms with Crippen molar-refractivity contribution in [1.29, 1.82) is 0 Å². The fraction of sp³-hybridized carbons (Fsp3) is 0.421. The van der Waals surface area contributed by atoms with Crippen molar-refractivity contribution in [3.05, 3.63) is 29.3 Å². The van der Waals surface area contributed by atoms with Gasteiger partial charge in [0.2, 0.25) is 0 Å². The Morgan fingerprint density at radius 3 is 2.48 bits per heavy atom. The lowest BCUT2D eigenvalue weighted by Crippen LogP contribution is -2.21. The standard InChI is InChI=1S/C19H23NO6S/c1-5-26-18(24)16-12-7-6-11(19(2,3)4)8-13(12)27-17(16)20-14(21)9-25-10-15(22)23/h6-8H,5,9-10H2,1-4H3,(H,20,21)(H,22,23). The minimum absolute atomic E-state index is 0.0592. The van der Waals surface area contributed by atoms with E-state index in [4.69, 9.17) is 14.6 Å². The molecule has 1 aromatic carbocycles. The number of carbonyl (C=O) groups is 3. The lowest BCUT2D eigenvalue weighted by atomic mass is 9.87. The van der Waals surface area contributed by atoms with Gasteiger partial charge in [0.25, 0.3) is 5.91 Å². The third-order valence-electron chi connectivity index (χ3n) is 3.75. The van der Waals surface area contributed by atoms with E-state index in [1.807, 2.05) is 18.2 Å². The fourth-order valence-electron chi connectivity index (χ4n) is 2.45. The van der Waals surface area contributed by atoms with E-state index in [1.165, 1.54) is 11.3 Å². The Balaban J connectivity index is 2.37. The first-order valence-electron chi connectivity index (χ1n) is 8.47. The second kappa shape index (κ2) is 8.49. The summed E-state index contributed by atoms with van der Waals surface area (Å²) in [7, 11) is 0. The van der Waals surface area contributed by atoms with Crippen molar-refractivity contribution in [2.75, 3.05) is 25.1 Å². The molecule has 7 nitrogen and oxygen atoms in total. The highest BCUT2D eigenvalue weighted by atomic mass is 32.1. The molecular formula is C19H23NO6S. The summed E-state index contributed by atoms with van der Waals surface area (Å²) >= 11 is 1.27. The molecule has 1 amide bonds. The van der Waals surface area contributed by atoms with E-state index in [9.17, 15) is 14.4 Å². The maximum Gasteiger partial charge on any atom is 0.341 e. The molecule has 0 unspecified atom stereocenters. The Hall–Kier alpha value is -2.45. The maximum absolute atomic E-state index is 12.4. The van der Waals surface area contributed by atoms with Crippen LogP contribution in [0.5, 0.6) is 0 Å². The van der Waals surface area contributed by atoms with Gasteiger partial charge in [0.15, 0.2) is 0 Å². The van der Waals surface area contributed by atoms with Crippen molar-refractivity contribution in [2.45, 2.75) is 33.1 Å². The zero-order valence-electron chi connectivity index (χ0n) is 15.8. The molecule has 146 valence electrons. The Morgan fingerprint density at radius 1 is 1.19 bits per heavy atom. The van der Waals surface area contributed by atoms with Crippen LogP contribution in [0.25, 0.3) is 10.1 Å². The molecule has 0 atom stereocenters. The lowest BCUT2D eigenvalue weighted by Gasteiger charge is -2.18. The summed E-state index contributed by atoms with van der Waals surface area (Å²) in [5.41, 5.74) is 1.34. The molecule has 8 heteroatoms. The molecule has 2 N–H and O–H groups in total. The van der Waals surface area contributed by atoms with Crippen molar-refractivity contribution in [3.63, 3.8) is 0 Å². The highest BCUT2D eigenvalue weighted by Gasteiger charge is 2.23. The van der Waals surface area contributed by atoms with Crippen LogP contribution in [0.15, 0.2) is 18.2 Å². The van der Waals surface area contributed by atoms with Crippen LogP contribution in [0.2, 0.25) is 0 Å². The number of carboxylic acids is 1. The number of fused-ring (bicyclic) bond motifs is 1. The maximum atomic E-state index is 12.4. The number of hydrogen-bond acceptors (Lipinski definition) is 6. The molecular weight excluding hydrogens is 370 g/mol. The molecule has 0 aliphatic heterocycles. The summed E-state index contributed by atoms with van der Waals surface area (Å²) in [5.74, 6) is -2.22. The predicted molar refractivity (Wildman–Crippen MR) is 104 cm³/mol. The monoisotopic (exact) mass is 393 g/mol. The molecule has 1 heterocycles. The molecule has 1 aromatic heterocycles. The molecule has 0 aliphatic rings. The zero-order chi connectivity index (χ0) is 20.2. The summed E-state index contributed by atoms with van der Waals surface area (Å²) in [4.78, 5) is 35.0. The molecule has 0 fully saturated rings. The minimum Gasteiger partial charge on any atom is -0.480 e. The van der Waals surface area contributed by atoms with E-state index >= 15 is 0 Å². The largest absolute Gasteiger partial charge is 0.480 e. The smallest absolute Gasteiger partial charge is 0.341 e. The zero-order valence-corrected chi connectivity index (χ0v) is 16.6. The van der Waals surface area contributed by atoms with E-state index in [1.54, 1.807) is 6.92 Å². The van der Waals surface area contributed by atoms with Crippen molar-refractivity contribution in [3.8, 4) is 0 Å². The number of anilines is 1. The second-order valence-electron chi connectivity index (χ2n) is 6.92. The molecule has 0 radical (unpaired) electrons. The Morgan fingerprint density at radius 2 is 1.89 bits per heavy atom. The Kier molecular flexibility index (Phi) is 6.56. The number of thiophene rings is 1. The van der Waals surface area contributed by atoms with Crippen LogP contribution in [0.1, 0.15) is 43.6 Å². The first-order chi connectivity index (χ1) is 12.6. The van der Waals surface area contributed by atoms with Crippen molar-refractivity contribution < 1.29 is 29.0 Å². The number of carboxylic acid groups (broad SMARTS) is 1. The lowest BCUT2D eigenvalue weighted by molar-refractivity contribution is -0.143. The van der Waals surface area contributed by atoms with Gasteiger partial charge < -0.3 is 19.9 Å². The molecule has 27 heavy (non-hydrogen) atoms. The average molecular weight is 393 g/mol. The first-order valence-corrected chi connectivity index (χ1v) is 9.28. The number of rotatable bonds is 7. The van der Waals surface area contributed by atoms with E-state index in [0.717, 1.165) is 10.3 Å². The molecule has 0 saturated heterocycles. The summed E-state index contributed by atoms with van der Waals surface area (Å²) < 4.78 is 10.8. The highest BCUT2D eigenvalue weighted by Crippen LogP contribution is 2.38. The van der Waals surface area contributed by atoms with E-state index in [0.29, 0.717) is 16.0 Å². The normalized spacial score (nSPS) is 11.4. The highest BCUT2D eigenvalue weighted by molar-refractivity contribution is 7.23. The van der Waals surface area contributed by atoms with Gasteiger partial charge in [-0.2, -0.15) is 0 Å². The number of benzene rings is 1. The fourth-order valence-corrected chi connectivity index (χ4v) is 3.60. The van der Waals surface area contributed by atoms with Crippen LogP contribution >= 0.6 is 11.3 Å². The van der Waals surface area contributed by atoms with Crippen LogP contribution in [0.3, 0.4) is 0 Å². The predicted octanol–water partition coefficient (Wildman–Crippen LogP) is 3.42. The van der Waals surface area contributed by atoms with Crippen LogP contribution < -0.4 is 5.32 Å². The molecule has 0 saturated carbocycles. The van der Waals surface area contributed by atoms with E-state index < -0.39 is 31.1 Å². The van der Waals surface area contributed by atoms with Gasteiger partial charge in [-0.15, -0.1) is 11.3 Å². The van der Waals surface area contributed by atoms with Gasteiger partial charge >= 0.3 is 11.9 Å². The van der Waals surface area contributed by atoms with Crippen LogP contribution in [0.4, 0.5) is 5.00 Å². The number of amides is 1. The summed E-state index contributed by atoms with van der Waals surface area (Å²) in [6.07, 6.45) is 0. The van der Waals surface area contributed by atoms with Crippen molar-refractivity contribution in [1.82, 2.24) is 0 Å². The van der Waals surface area contributed by atoms with Gasteiger partial charge in [-0.3, -0.25) is 4.79 Å². The second-order valence-corrected chi connectivity index (χ2v) is 7.97. The molecule has 0 spiro atoms. The number of esters is 1. The first kappa shape index (κ1) is 20.9. The Bertz CT molecular complexity index is 865. The number of aliphatic carboxylic acids is 1. The number of carbonyl (C=O) groups excluding carboxylic acids is 2. The van der Waals surface area contributed by atoms with E-state index in [2.05, 4.69) is 26.1 Å². The minimum atomic E-state index is -1.16. The number of ether oxygens (including phenoxy) is 2. The van der Waals surface area contributed by atoms with Crippen molar-refractivity contribution in [2.24, 2.45) is 0 Å². The van der Waals surface area contributed by atoms with Gasteiger partial charge in [-0.1, -0.05) is 32.9 Å². The summed E-state index contributed by atoms with van der Waals surface area (Å²) in [6, 6.07) is 5.81. The van der Waals surface area contributed by atoms with Gasteiger partial charge in [0.05, 0.1) is 6.61 Å². The van der Waals surface area contributed by atoms with Gasteiger partial charge in [-0.25, -0.2) is 9.59 Å². The average Bonchev–Trinajstić information content (AvgIpc) is 2.90. The third kappa shape index (κ3) is 5.27. The third-order valence-corrected chi connectivity index (χ3v) is 4.82. The molecule has 0 aliphatic carbocycles. The summed E-state index contributed by atoms with van der Waals surface area (Å²) in [6.45, 7) is 7.21. The van der Waals surface area contributed by atoms with Crippen molar-refractivity contribution >= 4 is 44.3 Å². The van der Waals surface area contributed by atoms with Crippen LogP contribution in [-0.4, -0.2) is 42.8 Å². The van der Waals surface area contributed by atoms with Gasteiger partial charge in [0, 0.05) is 10.1 Å². The van der Waals surface area contributed by atoms with Crippen LogP contribution in [0, 0.1) is 0 Å². The van der Waals surface area contributed by atoms with E-state index in [-0.39, 0.29) is 12.0 Å². The van der Waals surface area contributed by atoms with Gasteiger partial charge in [-0.05, 0) is 24.0 Å². The topological polar surface area (TPSA) is 102 Å².